The molecule has 0 unspecified atom stereocenters. The van der Waals surface area contributed by atoms with E-state index < -0.39 is 5.97 Å². The number of aliphatic carboxylic acids is 1. The topological polar surface area (TPSA) is 63.3 Å². The second kappa shape index (κ2) is 5.35. The molecule has 3 N–H and O–H groups in total. The SMILES string of the molecule is C[C@H](CC1CC1)C[C@H](CN)CC(=O)O. The van der Waals surface area contributed by atoms with E-state index in [0.29, 0.717) is 12.5 Å². The summed E-state index contributed by atoms with van der Waals surface area (Å²) in [5, 5.41) is 8.67. The van der Waals surface area contributed by atoms with Gasteiger partial charge in [0.25, 0.3) is 0 Å². The van der Waals surface area contributed by atoms with E-state index in [9.17, 15) is 4.79 Å². The number of rotatable bonds is 7. The summed E-state index contributed by atoms with van der Waals surface area (Å²) in [5.74, 6) is 1.00. The molecule has 2 atom stereocenters. The van der Waals surface area contributed by atoms with E-state index in [1.807, 2.05) is 0 Å². The second-order valence-corrected chi connectivity index (χ2v) is 4.72. The van der Waals surface area contributed by atoms with Crippen molar-refractivity contribution in [1.29, 1.82) is 0 Å². The van der Waals surface area contributed by atoms with Crippen LogP contribution in [0, 0.1) is 17.8 Å². The van der Waals surface area contributed by atoms with E-state index in [0.717, 1.165) is 12.3 Å². The Balaban J connectivity index is 2.19. The smallest absolute Gasteiger partial charge is 0.303 e. The summed E-state index contributed by atoms with van der Waals surface area (Å²) < 4.78 is 0. The summed E-state index contributed by atoms with van der Waals surface area (Å²) in [6.07, 6.45) is 5.20. The average molecular weight is 199 g/mol. The van der Waals surface area contributed by atoms with Gasteiger partial charge in [-0.3, -0.25) is 4.79 Å². The minimum atomic E-state index is -0.723. The van der Waals surface area contributed by atoms with E-state index in [-0.39, 0.29) is 12.3 Å². The molecular weight excluding hydrogens is 178 g/mol. The first-order valence-electron chi connectivity index (χ1n) is 5.53. The van der Waals surface area contributed by atoms with Gasteiger partial charge < -0.3 is 10.8 Å². The standard InChI is InChI=1S/C11H21NO2/c1-8(4-9-2-3-9)5-10(7-12)6-11(13)14/h8-10H,2-7,12H2,1H3,(H,13,14)/t8-,10+/m1/s1. The lowest BCUT2D eigenvalue weighted by molar-refractivity contribution is -0.138. The first-order valence-corrected chi connectivity index (χ1v) is 5.53. The molecule has 0 heterocycles. The number of carboxylic acids is 1. The fourth-order valence-corrected chi connectivity index (χ4v) is 2.10. The lowest BCUT2D eigenvalue weighted by Crippen LogP contribution is -2.20. The highest BCUT2D eigenvalue weighted by molar-refractivity contribution is 5.67. The summed E-state index contributed by atoms with van der Waals surface area (Å²) in [4.78, 5) is 10.5. The van der Waals surface area contributed by atoms with Gasteiger partial charge in [0.05, 0.1) is 0 Å². The molecule has 3 nitrogen and oxygen atoms in total. The molecule has 0 saturated heterocycles. The highest BCUT2D eigenvalue weighted by Gasteiger charge is 2.25. The maximum atomic E-state index is 10.5. The van der Waals surface area contributed by atoms with Crippen molar-refractivity contribution < 1.29 is 9.90 Å². The molecule has 14 heavy (non-hydrogen) atoms. The Morgan fingerprint density at radius 3 is 2.64 bits per heavy atom. The quantitative estimate of drug-likeness (QED) is 0.658. The summed E-state index contributed by atoms with van der Waals surface area (Å²) in [7, 11) is 0. The van der Waals surface area contributed by atoms with Crippen LogP contribution < -0.4 is 5.73 Å². The normalized spacial score (nSPS) is 20.4. The zero-order valence-electron chi connectivity index (χ0n) is 8.91. The molecule has 0 spiro atoms. The van der Waals surface area contributed by atoms with Gasteiger partial charge in [-0.05, 0) is 37.1 Å². The molecule has 0 aromatic heterocycles. The number of carboxylic acid groups (broad SMARTS) is 1. The van der Waals surface area contributed by atoms with Crippen molar-refractivity contribution in [3.63, 3.8) is 0 Å². The van der Waals surface area contributed by atoms with Gasteiger partial charge in [0.2, 0.25) is 0 Å². The Bertz CT molecular complexity index is 190. The predicted molar refractivity (Wildman–Crippen MR) is 55.9 cm³/mol. The maximum Gasteiger partial charge on any atom is 0.303 e. The van der Waals surface area contributed by atoms with Crippen molar-refractivity contribution in [2.75, 3.05) is 6.54 Å². The fourth-order valence-electron chi connectivity index (χ4n) is 2.10. The van der Waals surface area contributed by atoms with Crippen LogP contribution in [0.25, 0.3) is 0 Å². The Labute approximate surface area is 85.7 Å². The largest absolute Gasteiger partial charge is 0.481 e. The molecule has 82 valence electrons. The minimum absolute atomic E-state index is 0.168. The first kappa shape index (κ1) is 11.5. The monoisotopic (exact) mass is 199 g/mol. The number of hydrogen-bond donors (Lipinski definition) is 2. The predicted octanol–water partition coefficient (Wildman–Crippen LogP) is 1.86. The lowest BCUT2D eigenvalue weighted by atomic mass is 9.90. The van der Waals surface area contributed by atoms with Crippen molar-refractivity contribution in [3.8, 4) is 0 Å². The summed E-state index contributed by atoms with van der Waals surface area (Å²) in [5.41, 5.74) is 5.55. The summed E-state index contributed by atoms with van der Waals surface area (Å²) in [6, 6.07) is 0. The van der Waals surface area contributed by atoms with Crippen LogP contribution in [0.5, 0.6) is 0 Å². The molecule has 3 heteroatoms. The van der Waals surface area contributed by atoms with Crippen LogP contribution in [0.3, 0.4) is 0 Å². The van der Waals surface area contributed by atoms with Gasteiger partial charge in [0, 0.05) is 6.42 Å². The van der Waals surface area contributed by atoms with Gasteiger partial charge in [0.15, 0.2) is 0 Å². The van der Waals surface area contributed by atoms with Crippen molar-refractivity contribution >= 4 is 5.97 Å². The van der Waals surface area contributed by atoms with Crippen molar-refractivity contribution in [2.45, 2.75) is 39.0 Å². The van der Waals surface area contributed by atoms with Crippen LogP contribution in [-0.2, 0) is 4.79 Å². The zero-order valence-corrected chi connectivity index (χ0v) is 8.91. The van der Waals surface area contributed by atoms with Crippen LogP contribution in [-0.4, -0.2) is 17.6 Å². The van der Waals surface area contributed by atoms with E-state index in [1.165, 1.54) is 19.3 Å². The fraction of sp³-hybridized carbons (Fsp3) is 0.909. The molecule has 1 saturated carbocycles. The highest BCUT2D eigenvalue weighted by Crippen LogP contribution is 2.36. The minimum Gasteiger partial charge on any atom is -0.481 e. The van der Waals surface area contributed by atoms with Gasteiger partial charge in [-0.15, -0.1) is 0 Å². The van der Waals surface area contributed by atoms with E-state index in [4.69, 9.17) is 10.8 Å². The van der Waals surface area contributed by atoms with Gasteiger partial charge in [-0.1, -0.05) is 19.8 Å². The van der Waals surface area contributed by atoms with Gasteiger partial charge >= 0.3 is 5.97 Å². The van der Waals surface area contributed by atoms with Crippen LogP contribution in [0.2, 0.25) is 0 Å². The molecule has 1 aliphatic rings. The maximum absolute atomic E-state index is 10.5. The Morgan fingerprint density at radius 2 is 2.21 bits per heavy atom. The average Bonchev–Trinajstić information content (AvgIpc) is 2.86. The molecular formula is C11H21NO2. The molecule has 0 aromatic carbocycles. The summed E-state index contributed by atoms with van der Waals surface area (Å²) in [6.45, 7) is 2.71. The van der Waals surface area contributed by atoms with E-state index in [2.05, 4.69) is 6.92 Å². The Hall–Kier alpha value is -0.570. The van der Waals surface area contributed by atoms with Crippen molar-refractivity contribution in [3.05, 3.63) is 0 Å². The summed E-state index contributed by atoms with van der Waals surface area (Å²) >= 11 is 0. The molecule has 0 aliphatic heterocycles. The van der Waals surface area contributed by atoms with Crippen LogP contribution in [0.4, 0.5) is 0 Å². The molecule has 0 amide bonds. The van der Waals surface area contributed by atoms with E-state index >= 15 is 0 Å². The molecule has 1 aliphatic carbocycles. The lowest BCUT2D eigenvalue weighted by Gasteiger charge is -2.17. The zero-order chi connectivity index (χ0) is 10.6. The molecule has 0 radical (unpaired) electrons. The second-order valence-electron chi connectivity index (χ2n) is 4.72. The number of carbonyl (C=O) groups is 1. The first-order chi connectivity index (χ1) is 6.61. The molecule has 1 fully saturated rings. The van der Waals surface area contributed by atoms with Gasteiger partial charge in [0.1, 0.15) is 0 Å². The third kappa shape index (κ3) is 4.61. The van der Waals surface area contributed by atoms with Gasteiger partial charge in [-0.25, -0.2) is 0 Å². The van der Waals surface area contributed by atoms with Crippen LogP contribution in [0.15, 0.2) is 0 Å². The van der Waals surface area contributed by atoms with Crippen molar-refractivity contribution in [1.82, 2.24) is 0 Å². The molecule has 1 rings (SSSR count). The third-order valence-electron chi connectivity index (χ3n) is 2.96. The van der Waals surface area contributed by atoms with Crippen molar-refractivity contribution in [2.24, 2.45) is 23.5 Å². The Morgan fingerprint density at radius 1 is 1.57 bits per heavy atom. The molecule has 0 bridgehead atoms. The Kier molecular flexibility index (Phi) is 4.39. The third-order valence-corrected chi connectivity index (χ3v) is 2.96. The van der Waals surface area contributed by atoms with E-state index in [1.54, 1.807) is 0 Å². The number of hydrogen-bond acceptors (Lipinski definition) is 2. The molecule has 0 aromatic rings. The van der Waals surface area contributed by atoms with Crippen LogP contribution >= 0.6 is 0 Å². The number of nitrogens with two attached hydrogens (primary N) is 1. The van der Waals surface area contributed by atoms with Gasteiger partial charge in [-0.2, -0.15) is 0 Å². The highest BCUT2D eigenvalue weighted by atomic mass is 16.4. The van der Waals surface area contributed by atoms with Crippen LogP contribution in [0.1, 0.15) is 39.0 Å².